The van der Waals surface area contributed by atoms with Crippen LogP contribution in [-0.2, 0) is 29.9 Å². The molecule has 1 aromatic carbocycles. The average molecular weight is 818 g/mol. The summed E-state index contributed by atoms with van der Waals surface area (Å²) in [6.07, 6.45) is 1.11. The molecule has 56 heavy (non-hydrogen) atoms. The minimum absolute atomic E-state index is 0.0792. The van der Waals surface area contributed by atoms with Gasteiger partial charge in [0.1, 0.15) is 17.7 Å². The lowest BCUT2D eigenvalue weighted by molar-refractivity contribution is -0.137. The highest BCUT2D eigenvalue weighted by Crippen LogP contribution is 2.44. The van der Waals surface area contributed by atoms with Crippen molar-refractivity contribution in [2.75, 3.05) is 90.3 Å². The fourth-order valence-corrected chi connectivity index (χ4v) is 8.04. The van der Waals surface area contributed by atoms with E-state index in [1.54, 1.807) is 14.2 Å². The number of amides is 1. The van der Waals surface area contributed by atoms with Gasteiger partial charge in [-0.3, -0.25) is 14.7 Å². The first-order valence-corrected chi connectivity index (χ1v) is 18.9. The Morgan fingerprint density at radius 3 is 2.27 bits per heavy atom. The first-order valence-electron chi connectivity index (χ1n) is 18.5. The molecule has 4 saturated heterocycles. The number of fused-ring (bicyclic) bond motifs is 4. The number of piperazine rings is 1. The molecule has 2 unspecified atom stereocenters. The van der Waals surface area contributed by atoms with Gasteiger partial charge in [-0.2, -0.15) is 18.2 Å². The quantitative estimate of drug-likeness (QED) is 0.119. The maximum Gasteiger partial charge on any atom is 0.418 e. The number of alkyl halides is 4. The van der Waals surface area contributed by atoms with Gasteiger partial charge >= 0.3 is 11.9 Å². The molecule has 3 aromatic rings. The number of hydrogen-bond donors (Lipinski definition) is 3. The summed E-state index contributed by atoms with van der Waals surface area (Å²) >= 11 is 5.85. The van der Waals surface area contributed by atoms with Crippen LogP contribution >= 0.6 is 11.6 Å². The molecule has 3 N–H and O–H groups in total. The monoisotopic (exact) mass is 817 g/mol. The second-order valence-electron chi connectivity index (χ2n) is 14.3. The fourth-order valence-electron chi connectivity index (χ4n) is 7.71. The van der Waals surface area contributed by atoms with Crippen molar-refractivity contribution in [3.8, 4) is 11.3 Å². The van der Waals surface area contributed by atoms with Crippen molar-refractivity contribution in [3.63, 3.8) is 0 Å². The fraction of sp³-hybridized carbons (Fsp3) is 0.622. The van der Waals surface area contributed by atoms with Gasteiger partial charge in [-0.25, -0.2) is 13.6 Å². The number of halogens is 6. The van der Waals surface area contributed by atoms with Gasteiger partial charge in [0.2, 0.25) is 6.41 Å². The molecule has 0 spiro atoms. The highest BCUT2D eigenvalue weighted by molar-refractivity contribution is 6.32. The smallest absolute Gasteiger partial charge is 0.382 e. The highest BCUT2D eigenvalue weighted by Gasteiger charge is 2.45. The van der Waals surface area contributed by atoms with E-state index in [1.807, 2.05) is 4.90 Å². The minimum Gasteiger partial charge on any atom is -0.382 e. The predicted octanol–water partition coefficient (Wildman–Crippen LogP) is 5.20. The first kappa shape index (κ1) is 43.6. The van der Waals surface area contributed by atoms with Crippen molar-refractivity contribution in [2.24, 2.45) is 0 Å². The molecule has 2 aromatic heterocycles. The Hall–Kier alpha value is -3.52. The van der Waals surface area contributed by atoms with E-state index in [-0.39, 0.29) is 46.4 Å². The largest absolute Gasteiger partial charge is 0.418 e. The van der Waals surface area contributed by atoms with E-state index >= 15 is 4.39 Å². The second-order valence-corrected chi connectivity index (χ2v) is 14.7. The van der Waals surface area contributed by atoms with Crippen LogP contribution < -0.4 is 21.2 Å². The third kappa shape index (κ3) is 10.9. The van der Waals surface area contributed by atoms with E-state index in [4.69, 9.17) is 30.5 Å². The number of benzene rings is 1. The molecule has 4 aliphatic heterocycles. The van der Waals surface area contributed by atoms with Gasteiger partial charge in [-0.1, -0.05) is 11.6 Å². The Bertz CT molecular complexity index is 1820. The third-order valence-electron chi connectivity index (χ3n) is 10.3. The van der Waals surface area contributed by atoms with Gasteiger partial charge in [-0.05, 0) is 57.7 Å². The highest BCUT2D eigenvalue weighted by atomic mass is 35.5. The third-order valence-corrected chi connectivity index (χ3v) is 10.6. The summed E-state index contributed by atoms with van der Waals surface area (Å²) in [7, 11) is 3.30. The Labute approximate surface area is 326 Å². The molecule has 2 bridgehead atoms. The molecule has 13 nitrogen and oxygen atoms in total. The Balaban J connectivity index is 0.000000222. The summed E-state index contributed by atoms with van der Waals surface area (Å²) in [5.74, 6) is -0.943. The molecular formula is C37H49ClF5N7O6. The number of rotatable bonds is 13. The number of nitrogens with zero attached hydrogens (tertiary/aromatic N) is 4. The maximum absolute atomic E-state index is 15.7. The number of aromatic amines is 1. The van der Waals surface area contributed by atoms with Gasteiger partial charge in [0.05, 0.1) is 61.1 Å². The minimum atomic E-state index is -4.94. The van der Waals surface area contributed by atoms with Crippen molar-refractivity contribution in [1.82, 2.24) is 25.2 Å². The van der Waals surface area contributed by atoms with Crippen LogP contribution in [0.4, 0.5) is 33.5 Å². The van der Waals surface area contributed by atoms with E-state index in [2.05, 4.69) is 37.4 Å². The summed E-state index contributed by atoms with van der Waals surface area (Å²) < 4.78 is 89.9. The summed E-state index contributed by atoms with van der Waals surface area (Å²) in [6.45, 7) is 8.88. The predicted molar refractivity (Wildman–Crippen MR) is 202 cm³/mol. The standard InChI is InChI=1S/C21H17ClF4N6O2.C8H14FN.C8H18O4/c22-14-4-11(28-8-33)3-12(15(14)21(24,25)26)17-16(23)18-13(5-27-17)19(31-20(34)30-18)32-6-9-1-2-10(7-32)29-9;1-8-3-2-4-10(8)6-7(9)5-8;1-9-3-5-11-7-8-12-6-4-10-2/h3-5,8-10,29H,1-2,6-7H2,(H,28,33)(H,30,31,34);7H,2-6H2,1H3;3-8H2,1-2H3/t;7-,8+;/m.1./s1. The SMILES string of the molecule is COCCOCCOCCOC.C[C@@]12CCCN1C[C@H](F)C2.O=CNc1cc(Cl)c(C(F)(F)F)c(-c2ncc3c(N4CC5CCC(C4)N5)nc(=O)[nH]c3c2F)c1. The van der Waals surface area contributed by atoms with E-state index in [0.717, 1.165) is 37.9 Å². The number of aromatic nitrogens is 3. The van der Waals surface area contributed by atoms with Crippen molar-refractivity contribution in [1.29, 1.82) is 0 Å². The second kappa shape index (κ2) is 19.8. The van der Waals surface area contributed by atoms with Crippen molar-refractivity contribution < 1.29 is 45.7 Å². The van der Waals surface area contributed by atoms with Crippen LogP contribution in [0.15, 0.2) is 23.1 Å². The average Bonchev–Trinajstić information content (AvgIpc) is 3.77. The van der Waals surface area contributed by atoms with Gasteiger partial charge in [0.15, 0.2) is 5.82 Å². The first-order chi connectivity index (χ1) is 26.8. The number of carbonyl (C=O) groups excluding carboxylic acids is 1. The number of anilines is 2. The van der Waals surface area contributed by atoms with E-state index in [1.165, 1.54) is 19.0 Å². The number of ether oxygens (including phenoxy) is 4. The van der Waals surface area contributed by atoms with Gasteiger partial charge < -0.3 is 39.5 Å². The van der Waals surface area contributed by atoms with Crippen molar-refractivity contribution in [3.05, 3.63) is 45.2 Å². The lowest BCUT2D eigenvalue weighted by atomic mass is 9.97. The molecule has 7 rings (SSSR count). The summed E-state index contributed by atoms with van der Waals surface area (Å²) in [5.41, 5.74) is -3.66. The van der Waals surface area contributed by atoms with Crippen LogP contribution in [0.1, 0.15) is 44.6 Å². The molecule has 1 amide bonds. The number of nitrogens with one attached hydrogen (secondary N) is 3. The number of carbonyl (C=O) groups is 1. The molecule has 0 saturated carbocycles. The molecule has 4 atom stereocenters. The van der Waals surface area contributed by atoms with Gasteiger partial charge in [0.25, 0.3) is 0 Å². The lowest BCUT2D eigenvalue weighted by Crippen LogP contribution is -2.51. The normalized spacial score (nSPS) is 23.0. The molecule has 4 fully saturated rings. The summed E-state index contributed by atoms with van der Waals surface area (Å²) in [6, 6.07) is 2.24. The lowest BCUT2D eigenvalue weighted by Gasteiger charge is -2.34. The number of pyridine rings is 1. The summed E-state index contributed by atoms with van der Waals surface area (Å²) in [4.78, 5) is 37.5. The maximum atomic E-state index is 15.7. The van der Waals surface area contributed by atoms with Crippen LogP contribution in [0, 0.1) is 5.82 Å². The van der Waals surface area contributed by atoms with Crippen LogP contribution in [0.2, 0.25) is 5.02 Å². The zero-order valence-electron chi connectivity index (χ0n) is 31.7. The van der Waals surface area contributed by atoms with E-state index in [9.17, 15) is 27.2 Å². The van der Waals surface area contributed by atoms with Gasteiger partial charge in [-0.15, -0.1) is 0 Å². The molecule has 310 valence electrons. The molecular weight excluding hydrogens is 769 g/mol. The molecule has 4 aliphatic rings. The van der Waals surface area contributed by atoms with Crippen LogP contribution in [-0.4, -0.2) is 130 Å². The van der Waals surface area contributed by atoms with E-state index < -0.39 is 45.7 Å². The van der Waals surface area contributed by atoms with Crippen LogP contribution in [0.5, 0.6) is 0 Å². The topological polar surface area (TPSA) is 143 Å². The summed E-state index contributed by atoms with van der Waals surface area (Å²) in [5, 5.41) is 5.08. The van der Waals surface area contributed by atoms with Gasteiger partial charge in [0, 0.05) is 68.9 Å². The number of methoxy groups -OCH3 is 2. The van der Waals surface area contributed by atoms with Crippen LogP contribution in [0.3, 0.4) is 0 Å². The molecule has 0 aliphatic carbocycles. The molecule has 6 heterocycles. The Morgan fingerprint density at radius 1 is 1.04 bits per heavy atom. The molecule has 19 heteroatoms. The van der Waals surface area contributed by atoms with Crippen molar-refractivity contribution in [2.45, 2.75) is 69.0 Å². The Kier molecular flexibility index (Phi) is 15.4. The molecule has 0 radical (unpaired) electrons. The zero-order chi connectivity index (χ0) is 40.5. The van der Waals surface area contributed by atoms with Crippen LogP contribution in [0.25, 0.3) is 22.2 Å². The van der Waals surface area contributed by atoms with E-state index in [0.29, 0.717) is 59.3 Å². The number of hydrogen-bond acceptors (Lipinski definition) is 11. The zero-order valence-corrected chi connectivity index (χ0v) is 32.4. The number of H-pyrrole nitrogens is 1. The Morgan fingerprint density at radius 2 is 1.68 bits per heavy atom. The van der Waals surface area contributed by atoms with Crippen molar-refractivity contribution >= 4 is 40.4 Å².